The Labute approximate surface area is 246 Å². The fourth-order valence-electron chi connectivity index (χ4n) is 5.07. The average molecular weight is 584 g/mol. The van der Waals surface area contributed by atoms with Crippen LogP contribution < -0.4 is 5.32 Å². The number of aryl methyl sites for hydroxylation is 1. The van der Waals surface area contributed by atoms with E-state index in [-0.39, 0.29) is 23.6 Å². The van der Waals surface area contributed by atoms with E-state index in [9.17, 15) is 9.59 Å². The molecule has 1 saturated carbocycles. The van der Waals surface area contributed by atoms with Crippen molar-refractivity contribution in [1.29, 1.82) is 0 Å². The minimum atomic E-state index is -0.604. The van der Waals surface area contributed by atoms with E-state index in [0.717, 1.165) is 47.9 Å². The molecule has 1 aliphatic carbocycles. The summed E-state index contributed by atoms with van der Waals surface area (Å²) >= 11 is 13.8. The number of rotatable bonds is 11. The van der Waals surface area contributed by atoms with Gasteiger partial charge in [0.05, 0.1) is 15.8 Å². The SMILES string of the molecule is Cc1cccc(CN(C(=O)CSCc2ccc(Cl)c(Cl)c2)[C@@H](Cc2ccccc2)C(=O)NC2CCCCC2)c1. The maximum absolute atomic E-state index is 13.9. The van der Waals surface area contributed by atoms with Crippen LogP contribution in [-0.2, 0) is 28.3 Å². The molecule has 0 aromatic heterocycles. The number of nitrogens with zero attached hydrogens (tertiary/aromatic N) is 1. The first-order valence-electron chi connectivity index (χ1n) is 13.6. The molecule has 7 heteroatoms. The number of hydrogen-bond donors (Lipinski definition) is 1. The first-order valence-corrected chi connectivity index (χ1v) is 15.5. The summed E-state index contributed by atoms with van der Waals surface area (Å²) in [6, 6.07) is 23.2. The molecule has 0 saturated heterocycles. The Morgan fingerprint density at radius 2 is 1.64 bits per heavy atom. The summed E-state index contributed by atoms with van der Waals surface area (Å²) in [6.45, 7) is 2.42. The third kappa shape index (κ3) is 9.02. The summed E-state index contributed by atoms with van der Waals surface area (Å²) < 4.78 is 0. The zero-order valence-electron chi connectivity index (χ0n) is 22.4. The van der Waals surface area contributed by atoms with Crippen LogP contribution in [0.15, 0.2) is 72.8 Å². The van der Waals surface area contributed by atoms with Crippen LogP contribution in [0.1, 0.15) is 54.4 Å². The number of halogens is 2. The molecule has 0 bridgehead atoms. The zero-order valence-corrected chi connectivity index (χ0v) is 24.7. The second-order valence-electron chi connectivity index (χ2n) is 10.3. The Morgan fingerprint density at radius 1 is 0.897 bits per heavy atom. The molecule has 39 heavy (non-hydrogen) atoms. The maximum Gasteiger partial charge on any atom is 0.243 e. The van der Waals surface area contributed by atoms with Gasteiger partial charge in [-0.15, -0.1) is 11.8 Å². The first-order chi connectivity index (χ1) is 18.9. The summed E-state index contributed by atoms with van der Waals surface area (Å²) in [7, 11) is 0. The van der Waals surface area contributed by atoms with Crippen molar-refractivity contribution in [2.75, 3.05) is 5.75 Å². The molecule has 1 N–H and O–H groups in total. The summed E-state index contributed by atoms with van der Waals surface area (Å²) in [5.41, 5.74) is 4.18. The van der Waals surface area contributed by atoms with Gasteiger partial charge in [-0.1, -0.05) is 109 Å². The Hall–Kier alpha value is -2.47. The van der Waals surface area contributed by atoms with E-state index in [1.54, 1.807) is 11.0 Å². The largest absolute Gasteiger partial charge is 0.352 e. The molecule has 0 unspecified atom stereocenters. The molecule has 3 aromatic rings. The number of carbonyl (C=O) groups excluding carboxylic acids is 2. The number of nitrogens with one attached hydrogen (secondary N) is 1. The highest BCUT2D eigenvalue weighted by Crippen LogP contribution is 2.25. The van der Waals surface area contributed by atoms with Crippen LogP contribution in [0, 0.1) is 6.92 Å². The van der Waals surface area contributed by atoms with Crippen molar-refractivity contribution in [3.05, 3.63) is 105 Å². The van der Waals surface area contributed by atoms with Gasteiger partial charge in [0, 0.05) is 24.8 Å². The molecule has 2 amide bonds. The van der Waals surface area contributed by atoms with Crippen molar-refractivity contribution < 1.29 is 9.59 Å². The molecule has 0 radical (unpaired) electrons. The molecule has 0 heterocycles. The predicted octanol–water partition coefficient (Wildman–Crippen LogP) is 7.62. The molecule has 1 fully saturated rings. The van der Waals surface area contributed by atoms with Crippen molar-refractivity contribution in [3.8, 4) is 0 Å². The minimum Gasteiger partial charge on any atom is -0.352 e. The van der Waals surface area contributed by atoms with Gasteiger partial charge in [0.1, 0.15) is 6.04 Å². The monoisotopic (exact) mass is 582 g/mol. The van der Waals surface area contributed by atoms with E-state index >= 15 is 0 Å². The van der Waals surface area contributed by atoms with Gasteiger partial charge in [-0.2, -0.15) is 0 Å². The fourth-order valence-corrected chi connectivity index (χ4v) is 6.25. The molecular weight excluding hydrogens is 547 g/mol. The topological polar surface area (TPSA) is 49.4 Å². The lowest BCUT2D eigenvalue weighted by molar-refractivity contribution is -0.139. The van der Waals surface area contributed by atoms with Crippen molar-refractivity contribution >= 4 is 46.8 Å². The lowest BCUT2D eigenvalue weighted by Crippen LogP contribution is -2.53. The molecule has 4 rings (SSSR count). The summed E-state index contributed by atoms with van der Waals surface area (Å²) in [4.78, 5) is 29.5. The molecular formula is C32H36Cl2N2O2S. The Bertz CT molecular complexity index is 1250. The number of hydrogen-bond acceptors (Lipinski definition) is 3. The summed E-state index contributed by atoms with van der Waals surface area (Å²) in [6.07, 6.45) is 5.93. The summed E-state index contributed by atoms with van der Waals surface area (Å²) in [5, 5.41) is 4.32. The van der Waals surface area contributed by atoms with Crippen molar-refractivity contribution in [1.82, 2.24) is 10.2 Å². The Kier molecular flexibility index (Phi) is 11.2. The van der Waals surface area contributed by atoms with E-state index in [0.29, 0.717) is 28.8 Å². The molecule has 4 nitrogen and oxygen atoms in total. The summed E-state index contributed by atoms with van der Waals surface area (Å²) in [5.74, 6) is 0.759. The standard InChI is InChI=1S/C32H36Cl2N2O2S/c1-23-9-8-12-25(17-23)20-36(31(37)22-39-21-26-15-16-28(33)29(34)18-26)30(19-24-10-4-2-5-11-24)32(38)35-27-13-6-3-7-14-27/h2,4-5,8-12,15-18,27,30H,3,6-7,13-14,19-22H2,1H3,(H,35,38)/t30-/m0/s1. The fraction of sp³-hybridized carbons (Fsp3) is 0.375. The van der Waals surface area contributed by atoms with Crippen LogP contribution >= 0.6 is 35.0 Å². The third-order valence-corrected chi connectivity index (χ3v) is 8.86. The van der Waals surface area contributed by atoms with E-state index in [2.05, 4.69) is 11.4 Å². The van der Waals surface area contributed by atoms with Gasteiger partial charge in [0.15, 0.2) is 0 Å². The Balaban J connectivity index is 1.56. The van der Waals surface area contributed by atoms with Crippen LogP contribution in [0.2, 0.25) is 10.0 Å². The molecule has 1 atom stereocenters. The number of thioether (sulfide) groups is 1. The van der Waals surface area contributed by atoms with E-state index in [1.807, 2.05) is 67.6 Å². The highest BCUT2D eigenvalue weighted by Gasteiger charge is 2.31. The van der Waals surface area contributed by atoms with Crippen LogP contribution in [0.3, 0.4) is 0 Å². The van der Waals surface area contributed by atoms with Gasteiger partial charge in [0.2, 0.25) is 11.8 Å². The molecule has 3 aromatic carbocycles. The van der Waals surface area contributed by atoms with E-state index in [4.69, 9.17) is 23.2 Å². The van der Waals surface area contributed by atoms with Gasteiger partial charge >= 0.3 is 0 Å². The molecule has 1 aliphatic rings. The molecule has 0 spiro atoms. The number of amides is 2. The van der Waals surface area contributed by atoms with Crippen LogP contribution in [0.4, 0.5) is 0 Å². The third-order valence-electron chi connectivity index (χ3n) is 7.14. The van der Waals surface area contributed by atoms with Crippen molar-refractivity contribution in [3.63, 3.8) is 0 Å². The predicted molar refractivity (Wildman–Crippen MR) is 163 cm³/mol. The highest BCUT2D eigenvalue weighted by atomic mass is 35.5. The lowest BCUT2D eigenvalue weighted by atomic mass is 9.94. The van der Waals surface area contributed by atoms with E-state index in [1.165, 1.54) is 18.2 Å². The second-order valence-corrected chi connectivity index (χ2v) is 12.1. The van der Waals surface area contributed by atoms with Gasteiger partial charge in [-0.3, -0.25) is 9.59 Å². The second kappa shape index (κ2) is 14.8. The number of benzene rings is 3. The first kappa shape index (κ1) is 29.5. The molecule has 0 aliphatic heterocycles. The van der Waals surface area contributed by atoms with Gasteiger partial charge in [-0.25, -0.2) is 0 Å². The number of carbonyl (C=O) groups is 2. The smallest absolute Gasteiger partial charge is 0.243 e. The van der Waals surface area contributed by atoms with Crippen LogP contribution in [0.5, 0.6) is 0 Å². The van der Waals surface area contributed by atoms with Crippen molar-refractivity contribution in [2.45, 2.75) is 69.8 Å². The van der Waals surface area contributed by atoms with Gasteiger partial charge in [0.25, 0.3) is 0 Å². The minimum absolute atomic E-state index is 0.0544. The zero-order chi connectivity index (χ0) is 27.6. The van der Waals surface area contributed by atoms with Crippen molar-refractivity contribution in [2.24, 2.45) is 0 Å². The highest BCUT2D eigenvalue weighted by molar-refractivity contribution is 7.99. The van der Waals surface area contributed by atoms with Gasteiger partial charge < -0.3 is 10.2 Å². The normalized spacial score (nSPS) is 14.5. The van der Waals surface area contributed by atoms with Gasteiger partial charge in [-0.05, 0) is 48.6 Å². The Morgan fingerprint density at radius 3 is 2.36 bits per heavy atom. The lowest BCUT2D eigenvalue weighted by Gasteiger charge is -2.33. The quantitative estimate of drug-likeness (QED) is 0.253. The van der Waals surface area contributed by atoms with E-state index < -0.39 is 6.04 Å². The van der Waals surface area contributed by atoms with Crippen LogP contribution in [-0.4, -0.2) is 34.6 Å². The maximum atomic E-state index is 13.9. The average Bonchev–Trinajstić information content (AvgIpc) is 2.93. The van der Waals surface area contributed by atoms with Crippen LogP contribution in [0.25, 0.3) is 0 Å². The molecule has 206 valence electrons.